The Labute approximate surface area is 170 Å². The monoisotopic (exact) mass is 403 g/mol. The Kier molecular flexibility index (Phi) is 6.73. The molecule has 0 spiro atoms. The quantitative estimate of drug-likeness (QED) is 0.799. The molecule has 0 bridgehead atoms. The third-order valence-electron chi connectivity index (χ3n) is 5.28. The van der Waals surface area contributed by atoms with E-state index >= 15 is 0 Å². The fourth-order valence-corrected chi connectivity index (χ4v) is 3.75. The van der Waals surface area contributed by atoms with Gasteiger partial charge in [-0.3, -0.25) is 9.59 Å². The molecule has 1 aromatic heterocycles. The Morgan fingerprint density at radius 1 is 1.32 bits per heavy atom. The number of nitrogens with zero attached hydrogens (tertiary/aromatic N) is 2. The Balaban J connectivity index is 1.51. The van der Waals surface area contributed by atoms with E-state index in [-0.39, 0.29) is 17.9 Å². The number of likely N-dealkylation sites (tertiary alicyclic amines) is 1. The van der Waals surface area contributed by atoms with Crippen molar-refractivity contribution >= 4 is 23.4 Å². The lowest BCUT2D eigenvalue weighted by Gasteiger charge is -2.21. The van der Waals surface area contributed by atoms with E-state index in [1.54, 1.807) is 0 Å². The van der Waals surface area contributed by atoms with Gasteiger partial charge in [-0.25, -0.2) is 0 Å². The van der Waals surface area contributed by atoms with Crippen LogP contribution in [0.4, 0.5) is 0 Å². The first-order chi connectivity index (χ1) is 13.4. The van der Waals surface area contributed by atoms with Gasteiger partial charge in [0.25, 0.3) is 0 Å². The number of aromatic nitrogens is 1. The minimum atomic E-state index is -0.00320. The number of hydrogen-bond acceptors (Lipinski definition) is 4. The van der Waals surface area contributed by atoms with Gasteiger partial charge in [-0.2, -0.15) is 0 Å². The third kappa shape index (κ3) is 5.13. The molecular formula is C21H26ClN3O3. The summed E-state index contributed by atoms with van der Waals surface area (Å²) in [5.41, 5.74) is 2.76. The Morgan fingerprint density at radius 3 is 2.82 bits per heavy atom. The highest BCUT2D eigenvalue weighted by Crippen LogP contribution is 2.20. The molecule has 2 heterocycles. The summed E-state index contributed by atoms with van der Waals surface area (Å²) in [7, 11) is 0. The van der Waals surface area contributed by atoms with E-state index in [2.05, 4.69) is 10.5 Å². The van der Waals surface area contributed by atoms with Crippen molar-refractivity contribution < 1.29 is 14.1 Å². The Hall–Kier alpha value is -2.34. The van der Waals surface area contributed by atoms with E-state index in [9.17, 15) is 9.59 Å². The number of rotatable bonds is 6. The van der Waals surface area contributed by atoms with Gasteiger partial charge >= 0.3 is 0 Å². The van der Waals surface area contributed by atoms with Crippen molar-refractivity contribution in [2.75, 3.05) is 6.54 Å². The van der Waals surface area contributed by atoms with E-state index < -0.39 is 0 Å². The van der Waals surface area contributed by atoms with Crippen LogP contribution < -0.4 is 5.32 Å². The molecule has 1 atom stereocenters. The average Bonchev–Trinajstić information content (AvgIpc) is 2.88. The molecule has 1 fully saturated rings. The van der Waals surface area contributed by atoms with Gasteiger partial charge in [0, 0.05) is 36.0 Å². The smallest absolute Gasteiger partial charge is 0.222 e. The van der Waals surface area contributed by atoms with Crippen molar-refractivity contribution in [3.8, 4) is 0 Å². The highest BCUT2D eigenvalue weighted by Gasteiger charge is 2.25. The summed E-state index contributed by atoms with van der Waals surface area (Å²) in [5, 5.41) is 7.72. The molecule has 2 aromatic rings. The predicted molar refractivity (Wildman–Crippen MR) is 107 cm³/mol. The molecular weight excluding hydrogens is 378 g/mol. The summed E-state index contributed by atoms with van der Waals surface area (Å²) in [6.07, 6.45) is 2.83. The lowest BCUT2D eigenvalue weighted by molar-refractivity contribution is -0.131. The number of hydrogen-bond donors (Lipinski definition) is 1. The zero-order chi connectivity index (χ0) is 20.1. The van der Waals surface area contributed by atoms with Gasteiger partial charge in [0.1, 0.15) is 5.76 Å². The molecule has 150 valence electrons. The van der Waals surface area contributed by atoms with Crippen LogP contribution in [0.25, 0.3) is 0 Å². The van der Waals surface area contributed by atoms with Crippen molar-refractivity contribution in [3.63, 3.8) is 0 Å². The van der Waals surface area contributed by atoms with Crippen LogP contribution >= 0.6 is 11.6 Å². The summed E-state index contributed by atoms with van der Waals surface area (Å²) in [5.74, 6) is 0.850. The fraction of sp³-hybridized carbons (Fsp3) is 0.476. The molecule has 0 saturated carbocycles. The number of carbonyl (C=O) groups excluding carboxylic acids is 2. The normalized spacial score (nSPS) is 17.5. The lowest BCUT2D eigenvalue weighted by Crippen LogP contribution is -2.36. The first-order valence-corrected chi connectivity index (χ1v) is 10.0. The first-order valence-electron chi connectivity index (χ1n) is 9.66. The maximum Gasteiger partial charge on any atom is 0.222 e. The summed E-state index contributed by atoms with van der Waals surface area (Å²) < 4.78 is 5.19. The molecule has 1 unspecified atom stereocenters. The van der Waals surface area contributed by atoms with Crippen molar-refractivity contribution in [2.45, 2.75) is 58.5 Å². The standard InChI is InChI=1S/C21H26ClN3O3/c1-14-18(15(2)28-24-14)13-25-12-11-17(8-10-21(25)27)23-20(26)9-7-16-5-3-4-6-19(16)22/h3-6,17H,7-13H2,1-2H3,(H,23,26). The van der Waals surface area contributed by atoms with Gasteiger partial charge in [-0.1, -0.05) is 35.0 Å². The van der Waals surface area contributed by atoms with Crippen molar-refractivity contribution in [3.05, 3.63) is 51.9 Å². The maximum absolute atomic E-state index is 12.5. The number of carbonyl (C=O) groups is 2. The van der Waals surface area contributed by atoms with E-state index in [0.717, 1.165) is 29.0 Å². The largest absolute Gasteiger partial charge is 0.361 e. The van der Waals surface area contributed by atoms with Gasteiger partial charge in [0.2, 0.25) is 11.8 Å². The number of halogens is 1. The van der Waals surface area contributed by atoms with Crippen LogP contribution in [0.3, 0.4) is 0 Å². The molecule has 1 N–H and O–H groups in total. The second-order valence-corrected chi connectivity index (χ2v) is 7.71. The average molecular weight is 404 g/mol. The van der Waals surface area contributed by atoms with Gasteiger partial charge in [0.05, 0.1) is 12.2 Å². The molecule has 1 saturated heterocycles. The van der Waals surface area contributed by atoms with Crippen LogP contribution in [0.1, 0.15) is 48.3 Å². The van der Waals surface area contributed by atoms with Crippen molar-refractivity contribution in [1.82, 2.24) is 15.4 Å². The van der Waals surface area contributed by atoms with Crippen LogP contribution in [0, 0.1) is 13.8 Å². The second kappa shape index (κ2) is 9.24. The van der Waals surface area contributed by atoms with Gasteiger partial charge < -0.3 is 14.7 Å². The molecule has 0 radical (unpaired) electrons. The minimum Gasteiger partial charge on any atom is -0.361 e. The van der Waals surface area contributed by atoms with Crippen LogP contribution in [-0.4, -0.2) is 34.5 Å². The van der Waals surface area contributed by atoms with E-state index in [1.165, 1.54) is 0 Å². The highest BCUT2D eigenvalue weighted by atomic mass is 35.5. The fourth-order valence-electron chi connectivity index (χ4n) is 3.52. The Bertz CT molecular complexity index is 830. The second-order valence-electron chi connectivity index (χ2n) is 7.30. The summed E-state index contributed by atoms with van der Waals surface area (Å²) >= 11 is 6.15. The molecule has 1 aromatic carbocycles. The van der Waals surface area contributed by atoms with Crippen molar-refractivity contribution in [2.24, 2.45) is 0 Å². The number of amides is 2. The molecule has 7 heteroatoms. The lowest BCUT2D eigenvalue weighted by atomic mass is 10.1. The van der Waals surface area contributed by atoms with Gasteiger partial charge in [0.15, 0.2) is 0 Å². The molecule has 6 nitrogen and oxygen atoms in total. The summed E-state index contributed by atoms with van der Waals surface area (Å²) in [6.45, 7) is 4.86. The number of nitrogens with one attached hydrogen (secondary N) is 1. The zero-order valence-electron chi connectivity index (χ0n) is 16.3. The van der Waals surface area contributed by atoms with Crippen LogP contribution in [0.5, 0.6) is 0 Å². The Morgan fingerprint density at radius 2 is 2.11 bits per heavy atom. The van der Waals surface area contributed by atoms with Crippen LogP contribution in [-0.2, 0) is 22.6 Å². The maximum atomic E-state index is 12.5. The SMILES string of the molecule is Cc1noc(C)c1CN1CCC(NC(=O)CCc2ccccc2Cl)CCC1=O. The zero-order valence-corrected chi connectivity index (χ0v) is 17.1. The molecule has 0 aliphatic carbocycles. The summed E-state index contributed by atoms with van der Waals surface area (Å²) in [6, 6.07) is 7.58. The minimum absolute atomic E-state index is 0.00320. The number of aryl methyl sites for hydroxylation is 3. The predicted octanol–water partition coefficient (Wildman–Crippen LogP) is 3.57. The first kappa shape index (κ1) is 20.4. The highest BCUT2D eigenvalue weighted by molar-refractivity contribution is 6.31. The molecule has 1 aliphatic heterocycles. The van der Waals surface area contributed by atoms with E-state index in [0.29, 0.717) is 43.8 Å². The van der Waals surface area contributed by atoms with E-state index in [1.807, 2.05) is 43.0 Å². The summed E-state index contributed by atoms with van der Waals surface area (Å²) in [4.78, 5) is 26.7. The topological polar surface area (TPSA) is 75.4 Å². The van der Waals surface area contributed by atoms with Crippen LogP contribution in [0.2, 0.25) is 5.02 Å². The molecule has 1 aliphatic rings. The van der Waals surface area contributed by atoms with Gasteiger partial charge in [-0.15, -0.1) is 0 Å². The molecule has 2 amide bonds. The molecule has 28 heavy (non-hydrogen) atoms. The van der Waals surface area contributed by atoms with Crippen molar-refractivity contribution in [1.29, 1.82) is 0 Å². The van der Waals surface area contributed by atoms with Gasteiger partial charge in [-0.05, 0) is 44.7 Å². The van der Waals surface area contributed by atoms with Crippen LogP contribution in [0.15, 0.2) is 28.8 Å². The van der Waals surface area contributed by atoms with E-state index in [4.69, 9.17) is 16.1 Å². The molecule has 3 rings (SSSR count). The third-order valence-corrected chi connectivity index (χ3v) is 5.65. The number of benzene rings is 1.